The van der Waals surface area contributed by atoms with Gasteiger partial charge in [-0.2, -0.15) is 0 Å². The van der Waals surface area contributed by atoms with E-state index in [0.717, 1.165) is 36.5 Å². The summed E-state index contributed by atoms with van der Waals surface area (Å²) in [5.41, 5.74) is 1.82. The first kappa shape index (κ1) is 22.4. The van der Waals surface area contributed by atoms with Gasteiger partial charge in [-0.3, -0.25) is 0 Å². The van der Waals surface area contributed by atoms with Gasteiger partial charge in [0.2, 0.25) is 0 Å². The second kappa shape index (κ2) is 8.43. The van der Waals surface area contributed by atoms with E-state index >= 15 is 0 Å². The van der Waals surface area contributed by atoms with Crippen LogP contribution in [0.4, 0.5) is 0 Å². The maximum atomic E-state index is 11.4. The fourth-order valence-corrected chi connectivity index (χ4v) is 8.79. The third-order valence-electron chi connectivity index (χ3n) is 10.6. The van der Waals surface area contributed by atoms with Gasteiger partial charge in [0.1, 0.15) is 5.78 Å². The first-order chi connectivity index (χ1) is 13.3. The lowest BCUT2D eigenvalue weighted by Crippen LogP contribution is -2.56. The molecular formula is C27H48O. The largest absolute Gasteiger partial charge is 0.300 e. The summed E-state index contributed by atoms with van der Waals surface area (Å²) in [6.07, 6.45) is 18.1. The Labute approximate surface area is 175 Å². The van der Waals surface area contributed by atoms with E-state index in [1.165, 1.54) is 70.6 Å². The molecule has 0 aromatic carbocycles. The van der Waals surface area contributed by atoms with Gasteiger partial charge in [0.25, 0.3) is 0 Å². The predicted molar refractivity (Wildman–Crippen MR) is 120 cm³/mol. The molecule has 28 heavy (non-hydrogen) atoms. The molecule has 4 saturated carbocycles. The molecule has 1 nitrogen and oxygen atoms in total. The van der Waals surface area contributed by atoms with Crippen LogP contribution >= 0.6 is 0 Å². The summed E-state index contributed by atoms with van der Waals surface area (Å²) in [4.78, 5) is 11.4. The fourth-order valence-electron chi connectivity index (χ4n) is 8.79. The zero-order valence-corrected chi connectivity index (χ0v) is 19.9. The van der Waals surface area contributed by atoms with Gasteiger partial charge in [0, 0.05) is 6.42 Å². The van der Waals surface area contributed by atoms with Gasteiger partial charge in [-0.05, 0) is 111 Å². The third-order valence-corrected chi connectivity index (χ3v) is 10.6. The highest BCUT2D eigenvalue weighted by molar-refractivity contribution is 5.75. The highest BCUT2D eigenvalue weighted by Gasteiger charge is 2.62. The van der Waals surface area contributed by atoms with Gasteiger partial charge in [-0.25, -0.2) is 0 Å². The molecule has 0 radical (unpaired) electrons. The van der Waals surface area contributed by atoms with Crippen molar-refractivity contribution in [2.45, 2.75) is 125 Å². The summed E-state index contributed by atoms with van der Waals surface area (Å²) in [7, 11) is 0. The lowest BCUT2D eigenvalue weighted by atomic mass is 9.40. The summed E-state index contributed by atoms with van der Waals surface area (Å²) in [5.74, 6) is 4.25. The van der Waals surface area contributed by atoms with Crippen LogP contribution in [0, 0.1) is 39.9 Å². The molecule has 4 aliphatic rings. The van der Waals surface area contributed by atoms with Gasteiger partial charge >= 0.3 is 0 Å². The Bertz CT molecular complexity index is 552. The first-order valence-corrected chi connectivity index (χ1v) is 12.8. The van der Waals surface area contributed by atoms with E-state index in [4.69, 9.17) is 0 Å². The molecule has 4 rings (SSSR count). The number of carbonyl (C=O) groups is 1. The predicted octanol–water partition coefficient (Wildman–Crippen LogP) is 8.21. The van der Waals surface area contributed by atoms with Gasteiger partial charge in [0.05, 0.1) is 0 Å². The summed E-state index contributed by atoms with van der Waals surface area (Å²) < 4.78 is 0. The molecule has 0 heterocycles. The normalized spacial score (nSPS) is 47.2. The second-order valence-electron chi connectivity index (χ2n) is 11.5. The smallest absolute Gasteiger partial charge is 0.129 e. The first-order valence-electron chi connectivity index (χ1n) is 12.8. The number of rotatable bonds is 4. The third kappa shape index (κ3) is 3.51. The van der Waals surface area contributed by atoms with Gasteiger partial charge in [-0.15, -0.1) is 0 Å². The van der Waals surface area contributed by atoms with Crippen LogP contribution in [0.15, 0.2) is 0 Å². The average molecular weight is 389 g/mol. The molecule has 0 bridgehead atoms. The quantitative estimate of drug-likeness (QED) is 0.474. The molecule has 1 heteroatoms. The fraction of sp³-hybridized carbons (Fsp3) is 0.963. The molecule has 0 spiro atoms. The molecular weight excluding hydrogens is 340 g/mol. The summed E-state index contributed by atoms with van der Waals surface area (Å²) >= 11 is 0. The number of ketones is 1. The van der Waals surface area contributed by atoms with Crippen molar-refractivity contribution in [3.05, 3.63) is 0 Å². The summed E-state index contributed by atoms with van der Waals surface area (Å²) in [6.45, 7) is 13.8. The lowest BCUT2D eigenvalue weighted by molar-refractivity contribution is -0.152. The van der Waals surface area contributed by atoms with Crippen LogP contribution in [0.25, 0.3) is 0 Å². The molecule has 0 aromatic heterocycles. The molecule has 0 amide bonds. The van der Waals surface area contributed by atoms with Crippen molar-refractivity contribution in [3.8, 4) is 0 Å². The average Bonchev–Trinajstić information content (AvgIpc) is 3.00. The molecule has 0 N–H and O–H groups in total. The van der Waals surface area contributed by atoms with Crippen molar-refractivity contribution in [1.82, 2.24) is 0 Å². The van der Waals surface area contributed by atoms with Crippen molar-refractivity contribution >= 4 is 5.78 Å². The van der Waals surface area contributed by atoms with Gasteiger partial charge in [-0.1, -0.05) is 47.5 Å². The van der Waals surface area contributed by atoms with Gasteiger partial charge < -0.3 is 4.79 Å². The van der Waals surface area contributed by atoms with Crippen LogP contribution in [0.1, 0.15) is 125 Å². The minimum Gasteiger partial charge on any atom is -0.300 e. The number of fused-ring (bicyclic) bond motifs is 5. The molecule has 0 aromatic rings. The van der Waals surface area contributed by atoms with E-state index < -0.39 is 0 Å². The van der Waals surface area contributed by atoms with Crippen molar-refractivity contribution < 1.29 is 4.79 Å². The van der Waals surface area contributed by atoms with E-state index in [9.17, 15) is 4.79 Å². The van der Waals surface area contributed by atoms with Crippen molar-refractivity contribution in [2.75, 3.05) is 0 Å². The number of hydrogen-bond donors (Lipinski definition) is 0. The summed E-state index contributed by atoms with van der Waals surface area (Å²) in [6, 6.07) is 0. The molecule has 0 aliphatic heterocycles. The molecule has 4 aliphatic carbocycles. The zero-order valence-electron chi connectivity index (χ0n) is 19.9. The van der Waals surface area contributed by atoms with E-state index in [2.05, 4.69) is 20.8 Å². The summed E-state index contributed by atoms with van der Waals surface area (Å²) in [5, 5.41) is 0. The molecule has 7 atom stereocenters. The van der Waals surface area contributed by atoms with E-state index in [0.29, 0.717) is 22.0 Å². The minimum atomic E-state index is 0.380. The highest BCUT2D eigenvalue weighted by Crippen LogP contribution is 2.70. The Morgan fingerprint density at radius 2 is 1.57 bits per heavy atom. The number of carbonyl (C=O) groups excluding carboxylic acids is 1. The number of hydrogen-bond acceptors (Lipinski definition) is 1. The maximum absolute atomic E-state index is 11.4. The Morgan fingerprint density at radius 3 is 2.29 bits per heavy atom. The van der Waals surface area contributed by atoms with Crippen LogP contribution in [-0.4, -0.2) is 5.78 Å². The van der Waals surface area contributed by atoms with Crippen molar-refractivity contribution in [1.29, 1.82) is 0 Å². The van der Waals surface area contributed by atoms with Crippen LogP contribution in [-0.2, 0) is 4.79 Å². The van der Waals surface area contributed by atoms with Crippen LogP contribution in [0.5, 0.6) is 0 Å². The minimum absolute atomic E-state index is 0.380. The second-order valence-corrected chi connectivity index (χ2v) is 11.5. The van der Waals surface area contributed by atoms with E-state index in [1.54, 1.807) is 6.92 Å². The van der Waals surface area contributed by atoms with Gasteiger partial charge in [0.15, 0.2) is 0 Å². The maximum Gasteiger partial charge on any atom is 0.129 e. The highest BCUT2D eigenvalue weighted by atomic mass is 16.1. The molecule has 4 fully saturated rings. The van der Waals surface area contributed by atoms with E-state index in [1.807, 2.05) is 13.8 Å². The van der Waals surface area contributed by atoms with Crippen LogP contribution in [0.2, 0.25) is 0 Å². The Balaban J connectivity index is 0.00000109. The van der Waals surface area contributed by atoms with Crippen molar-refractivity contribution in [2.24, 2.45) is 39.9 Å². The monoisotopic (exact) mass is 388 g/mol. The Morgan fingerprint density at radius 1 is 0.857 bits per heavy atom. The standard InChI is InChI=1S/C25H42O.C2H6/c1-18(26)8-7-9-19-10-11-21-20-12-16-23(2)14-5-6-15-25(23,4)22(20)13-17-24(19,21)3;1-2/h19-22H,5-17H2,1-4H3;1-2H3. The van der Waals surface area contributed by atoms with Crippen LogP contribution < -0.4 is 0 Å². The number of Topliss-reactive ketones (excluding diaryl/α,β-unsaturated/α-hetero) is 1. The Kier molecular flexibility index (Phi) is 6.73. The van der Waals surface area contributed by atoms with Crippen LogP contribution in [0.3, 0.4) is 0 Å². The van der Waals surface area contributed by atoms with E-state index in [-0.39, 0.29) is 0 Å². The topological polar surface area (TPSA) is 17.1 Å². The van der Waals surface area contributed by atoms with Crippen molar-refractivity contribution in [3.63, 3.8) is 0 Å². The Hall–Kier alpha value is -0.330. The SMILES string of the molecule is CC.CC(=O)CCCC1CCC2C3CCC4(C)CCCCC4(C)C3CCC12C. The zero-order chi connectivity index (χ0) is 20.6. The molecule has 7 unspecified atom stereocenters. The molecule has 162 valence electrons. The molecule has 0 saturated heterocycles. The lowest BCUT2D eigenvalue weighted by Gasteiger charge is -2.64.